The van der Waals surface area contributed by atoms with E-state index >= 15 is 0 Å². The quantitative estimate of drug-likeness (QED) is 0.738. The Labute approximate surface area is 151 Å². The molecule has 0 aliphatic heterocycles. The van der Waals surface area contributed by atoms with Gasteiger partial charge in [0.1, 0.15) is 0 Å². The number of carbonyl (C=O) groups is 2. The van der Waals surface area contributed by atoms with Crippen molar-refractivity contribution in [1.29, 1.82) is 0 Å². The molecule has 0 bridgehead atoms. The molecule has 3 N–H and O–H groups in total. The highest BCUT2D eigenvalue weighted by Crippen LogP contribution is 2.23. The highest BCUT2D eigenvalue weighted by atomic mass is 35.5. The number of hydrogen-bond donors (Lipinski definition) is 3. The van der Waals surface area contributed by atoms with Gasteiger partial charge in [0.15, 0.2) is 0 Å². The third-order valence-corrected chi connectivity index (χ3v) is 3.78. The molecule has 25 heavy (non-hydrogen) atoms. The maximum absolute atomic E-state index is 12.1. The molecule has 7 heteroatoms. The van der Waals surface area contributed by atoms with Crippen LogP contribution in [0.5, 0.6) is 0 Å². The van der Waals surface area contributed by atoms with E-state index < -0.39 is 0 Å². The smallest absolute Gasteiger partial charge is 0.253 e. The van der Waals surface area contributed by atoms with Gasteiger partial charge in [-0.25, -0.2) is 0 Å². The molecule has 132 valence electrons. The lowest BCUT2D eigenvalue weighted by Gasteiger charge is -2.12. The molecule has 0 unspecified atom stereocenters. The minimum absolute atomic E-state index is 0.000453. The summed E-state index contributed by atoms with van der Waals surface area (Å²) in [6, 6.07) is 11.8. The Morgan fingerprint density at radius 3 is 2.60 bits per heavy atom. The van der Waals surface area contributed by atoms with E-state index in [9.17, 15) is 9.59 Å². The normalized spacial score (nSPS) is 10.2. The fraction of sp³-hybridized carbons (Fsp3) is 0.222. The molecule has 0 aromatic heterocycles. The summed E-state index contributed by atoms with van der Waals surface area (Å²) >= 11 is 6.06. The average Bonchev–Trinajstić information content (AvgIpc) is 2.60. The second-order valence-corrected chi connectivity index (χ2v) is 6.06. The first-order valence-corrected chi connectivity index (χ1v) is 8.03. The molecule has 2 rings (SSSR count). The summed E-state index contributed by atoms with van der Waals surface area (Å²) in [4.78, 5) is 25.5. The van der Waals surface area contributed by atoms with Crippen LogP contribution in [0.4, 0.5) is 11.4 Å². The lowest BCUT2D eigenvalue weighted by molar-refractivity contribution is -0.114. The third-order valence-electron chi connectivity index (χ3n) is 3.45. The zero-order valence-electron chi connectivity index (χ0n) is 14.0. The van der Waals surface area contributed by atoms with E-state index in [1.807, 2.05) is 0 Å². The van der Waals surface area contributed by atoms with Crippen LogP contribution in [0.2, 0.25) is 5.02 Å². The van der Waals surface area contributed by atoms with E-state index in [1.54, 1.807) is 56.6 Å². The molecule has 0 atom stereocenters. The predicted octanol–water partition coefficient (Wildman–Crippen LogP) is 2.58. The molecule has 0 saturated carbocycles. The molecule has 2 amide bonds. The van der Waals surface area contributed by atoms with Crippen LogP contribution < -0.4 is 10.6 Å². The fourth-order valence-electron chi connectivity index (χ4n) is 2.18. The molecule has 6 nitrogen and oxygen atoms in total. The van der Waals surface area contributed by atoms with E-state index in [0.29, 0.717) is 27.5 Å². The van der Waals surface area contributed by atoms with Gasteiger partial charge < -0.3 is 20.6 Å². The SMILES string of the molecule is CN(C)C(=O)c1cccc(NC(=O)CNc2cc(CO)ccc2Cl)c1. The van der Waals surface area contributed by atoms with Gasteiger partial charge in [0.25, 0.3) is 5.91 Å². The van der Waals surface area contributed by atoms with Crippen LogP contribution in [0.1, 0.15) is 15.9 Å². The number of rotatable bonds is 6. The lowest BCUT2D eigenvalue weighted by atomic mass is 10.2. The monoisotopic (exact) mass is 361 g/mol. The van der Waals surface area contributed by atoms with Gasteiger partial charge >= 0.3 is 0 Å². The number of nitrogens with one attached hydrogen (secondary N) is 2. The molecule has 2 aromatic carbocycles. The third kappa shape index (κ3) is 5.20. The van der Waals surface area contributed by atoms with Crippen molar-refractivity contribution in [3.05, 3.63) is 58.6 Å². The average molecular weight is 362 g/mol. The molecule has 0 fully saturated rings. The summed E-state index contributed by atoms with van der Waals surface area (Å²) < 4.78 is 0. The minimum Gasteiger partial charge on any atom is -0.392 e. The summed E-state index contributed by atoms with van der Waals surface area (Å²) in [5, 5.41) is 15.3. The van der Waals surface area contributed by atoms with Gasteiger partial charge in [-0.2, -0.15) is 0 Å². The van der Waals surface area contributed by atoms with Crippen LogP contribution in [0.25, 0.3) is 0 Å². The van der Waals surface area contributed by atoms with Gasteiger partial charge in [-0.05, 0) is 35.9 Å². The van der Waals surface area contributed by atoms with Gasteiger partial charge in [0.2, 0.25) is 5.91 Å². The number of anilines is 2. The minimum atomic E-state index is -0.278. The van der Waals surface area contributed by atoms with Gasteiger partial charge in [-0.15, -0.1) is 0 Å². The van der Waals surface area contributed by atoms with Crippen LogP contribution >= 0.6 is 11.6 Å². The zero-order valence-corrected chi connectivity index (χ0v) is 14.8. The highest BCUT2D eigenvalue weighted by Gasteiger charge is 2.10. The predicted molar refractivity (Wildman–Crippen MR) is 99.0 cm³/mol. The summed E-state index contributed by atoms with van der Waals surface area (Å²) in [6.07, 6.45) is 0. The van der Waals surface area contributed by atoms with Crippen LogP contribution in [-0.4, -0.2) is 42.5 Å². The Morgan fingerprint density at radius 1 is 1.16 bits per heavy atom. The van der Waals surface area contributed by atoms with Gasteiger partial charge in [0.05, 0.1) is 23.9 Å². The number of carbonyl (C=O) groups excluding carboxylic acids is 2. The van der Waals surface area contributed by atoms with Crippen LogP contribution in [-0.2, 0) is 11.4 Å². The van der Waals surface area contributed by atoms with E-state index in [2.05, 4.69) is 10.6 Å². The summed E-state index contributed by atoms with van der Waals surface area (Å²) in [6.45, 7) is -0.106. The Bertz CT molecular complexity index is 778. The van der Waals surface area contributed by atoms with Crippen molar-refractivity contribution >= 4 is 34.8 Å². The van der Waals surface area contributed by atoms with E-state index in [1.165, 1.54) is 4.90 Å². The molecule has 0 aliphatic carbocycles. The maximum Gasteiger partial charge on any atom is 0.253 e. The van der Waals surface area contributed by atoms with Crippen LogP contribution in [0.15, 0.2) is 42.5 Å². The fourth-order valence-corrected chi connectivity index (χ4v) is 2.36. The Hall–Kier alpha value is -2.57. The Balaban J connectivity index is 1.99. The van der Waals surface area contributed by atoms with Crippen LogP contribution in [0, 0.1) is 0 Å². The summed E-state index contributed by atoms with van der Waals surface area (Å²) in [7, 11) is 3.34. The van der Waals surface area contributed by atoms with E-state index in [4.69, 9.17) is 16.7 Å². The molecule has 0 saturated heterocycles. The number of hydrogen-bond acceptors (Lipinski definition) is 4. The van der Waals surface area contributed by atoms with Gasteiger partial charge in [-0.3, -0.25) is 9.59 Å². The Morgan fingerprint density at radius 2 is 1.92 bits per heavy atom. The largest absolute Gasteiger partial charge is 0.392 e. The zero-order chi connectivity index (χ0) is 18.4. The van der Waals surface area contributed by atoms with Gasteiger partial charge in [-0.1, -0.05) is 23.7 Å². The molecule has 0 heterocycles. The van der Waals surface area contributed by atoms with Crippen molar-refractivity contribution in [3.63, 3.8) is 0 Å². The summed E-state index contributed by atoms with van der Waals surface area (Å²) in [5.74, 6) is -0.415. The first-order chi connectivity index (χ1) is 11.9. The molecule has 0 radical (unpaired) electrons. The number of amides is 2. The number of aliphatic hydroxyl groups is 1. The Kier molecular flexibility index (Phi) is 6.38. The number of halogens is 1. The lowest BCUT2D eigenvalue weighted by Crippen LogP contribution is -2.23. The van der Waals surface area contributed by atoms with Crippen molar-refractivity contribution in [1.82, 2.24) is 4.90 Å². The maximum atomic E-state index is 12.1. The second kappa shape index (κ2) is 8.50. The summed E-state index contributed by atoms with van der Waals surface area (Å²) in [5.41, 5.74) is 2.30. The molecule has 0 spiro atoms. The van der Waals surface area contributed by atoms with Gasteiger partial charge in [0, 0.05) is 25.3 Å². The first kappa shape index (κ1) is 18.8. The second-order valence-electron chi connectivity index (χ2n) is 5.65. The number of nitrogens with zero attached hydrogens (tertiary/aromatic N) is 1. The van der Waals surface area contributed by atoms with E-state index in [-0.39, 0.29) is 25.0 Å². The van der Waals surface area contributed by atoms with Crippen molar-refractivity contribution < 1.29 is 14.7 Å². The number of aliphatic hydroxyl groups excluding tert-OH is 1. The topological polar surface area (TPSA) is 81.7 Å². The molecule has 2 aromatic rings. The number of benzene rings is 2. The van der Waals surface area contributed by atoms with E-state index in [0.717, 1.165) is 0 Å². The van der Waals surface area contributed by atoms with Crippen molar-refractivity contribution in [2.24, 2.45) is 0 Å². The molecular weight excluding hydrogens is 342 g/mol. The molecule has 0 aliphatic rings. The highest BCUT2D eigenvalue weighted by molar-refractivity contribution is 6.33. The van der Waals surface area contributed by atoms with Crippen molar-refractivity contribution in [2.45, 2.75) is 6.61 Å². The van der Waals surface area contributed by atoms with Crippen LogP contribution in [0.3, 0.4) is 0 Å². The van der Waals surface area contributed by atoms with Crippen molar-refractivity contribution in [3.8, 4) is 0 Å². The standard InChI is InChI=1S/C18H20ClN3O3/c1-22(2)18(25)13-4-3-5-14(9-13)21-17(24)10-20-16-8-12(11-23)6-7-15(16)19/h3-9,20,23H,10-11H2,1-2H3,(H,21,24). The van der Waals surface area contributed by atoms with Crippen molar-refractivity contribution in [2.75, 3.05) is 31.3 Å². The molecular formula is C18H20ClN3O3. The first-order valence-electron chi connectivity index (χ1n) is 7.65.